The van der Waals surface area contributed by atoms with Gasteiger partial charge in [0.25, 0.3) is 0 Å². The maximum atomic E-state index is 5.39. The largest absolute Gasteiger partial charge is 0.257 e. The number of hydrogen-bond donors (Lipinski definition) is 0. The van der Waals surface area contributed by atoms with Crippen molar-refractivity contribution in [3.05, 3.63) is 232 Å². The zero-order valence-electron chi connectivity index (χ0n) is 34.9. The molecule has 0 aliphatic carbocycles. The molecule has 0 heterocycles. The Balaban J connectivity index is 0.000000708. The molecule has 1 atom stereocenters. The van der Waals surface area contributed by atoms with Gasteiger partial charge in [-0.25, -0.2) is 0 Å². The molecule has 0 aromatic heterocycles. The summed E-state index contributed by atoms with van der Waals surface area (Å²) < 4.78 is 0. The first kappa shape index (κ1) is 40.4. The monoisotopic (exact) mass is 741 g/mol. The van der Waals surface area contributed by atoms with Crippen molar-refractivity contribution in [3.63, 3.8) is 0 Å². The van der Waals surface area contributed by atoms with E-state index in [4.69, 9.17) is 4.99 Å². The summed E-state index contributed by atoms with van der Waals surface area (Å²) in [6.07, 6.45) is 2.21. The molecule has 0 N–H and O–H groups in total. The van der Waals surface area contributed by atoms with Crippen LogP contribution in [0, 0.1) is 41.5 Å². The fraction of sp³-hybridized carbons (Fsp3) is 0.161. The molecular formula is C56H55N. The first-order chi connectivity index (χ1) is 27.5. The third-order valence-corrected chi connectivity index (χ3v) is 11.2. The van der Waals surface area contributed by atoms with Crippen molar-refractivity contribution in [2.24, 2.45) is 4.99 Å². The van der Waals surface area contributed by atoms with Gasteiger partial charge in [0, 0.05) is 17.3 Å². The zero-order chi connectivity index (χ0) is 40.5. The molecule has 7 aromatic rings. The van der Waals surface area contributed by atoms with Crippen molar-refractivity contribution in [2.45, 2.75) is 61.3 Å². The lowest BCUT2D eigenvalue weighted by atomic mass is 9.84. The first-order valence-electron chi connectivity index (χ1n) is 20.0. The molecule has 0 fully saturated rings. The molecule has 0 aliphatic heterocycles. The second-order valence-electron chi connectivity index (χ2n) is 15.2. The molecule has 0 radical (unpaired) electrons. The minimum atomic E-state index is -0.0101. The lowest BCUT2D eigenvalue weighted by Crippen LogP contribution is -2.04. The van der Waals surface area contributed by atoms with Crippen LogP contribution in [-0.4, -0.2) is 5.71 Å². The van der Waals surface area contributed by atoms with E-state index in [0.29, 0.717) is 0 Å². The maximum absolute atomic E-state index is 5.39. The van der Waals surface area contributed by atoms with Gasteiger partial charge in [0.2, 0.25) is 0 Å². The summed E-state index contributed by atoms with van der Waals surface area (Å²) in [7, 11) is 0. The molecule has 0 spiro atoms. The predicted molar refractivity (Wildman–Crippen MR) is 248 cm³/mol. The molecule has 0 amide bonds. The molecule has 0 saturated carbocycles. The van der Waals surface area contributed by atoms with Gasteiger partial charge in [0.15, 0.2) is 0 Å². The average Bonchev–Trinajstić information content (AvgIpc) is 3.23. The van der Waals surface area contributed by atoms with E-state index in [9.17, 15) is 0 Å². The standard InChI is InChI=1S/C49H47N.C7H8/c1-32-19-12-14-24-41(32)45-29-30-46(37(6)36(45)5)47-27-17-16-26-44(47)38(7)48(50-39(8)40-22-10-9-11-23-40)31-35(4)43-28-18-21-34(3)49(43)42-25-15-13-20-33(42)2;1-7-5-3-2-4-6-7/h9-31,38H,4H2,1-3,5-8H3;2-6H,1H3/b48-31-,50-39?;. The van der Waals surface area contributed by atoms with Crippen molar-refractivity contribution in [3.8, 4) is 33.4 Å². The smallest absolute Gasteiger partial charge is 0.0485 e. The Labute approximate surface area is 341 Å². The van der Waals surface area contributed by atoms with Gasteiger partial charge < -0.3 is 0 Å². The summed E-state index contributed by atoms with van der Waals surface area (Å²) in [4.78, 5) is 5.39. The van der Waals surface area contributed by atoms with E-state index in [2.05, 4.69) is 208 Å². The van der Waals surface area contributed by atoms with E-state index in [1.165, 1.54) is 72.3 Å². The lowest BCUT2D eigenvalue weighted by Gasteiger charge is -2.22. The summed E-state index contributed by atoms with van der Waals surface area (Å²) in [5.41, 5.74) is 21.6. The molecule has 0 bridgehead atoms. The molecule has 284 valence electrons. The van der Waals surface area contributed by atoms with E-state index in [1.807, 2.05) is 24.3 Å². The van der Waals surface area contributed by atoms with E-state index in [1.54, 1.807) is 0 Å². The number of nitrogens with zero attached hydrogens (tertiary/aromatic N) is 1. The van der Waals surface area contributed by atoms with E-state index in [-0.39, 0.29) is 5.92 Å². The Kier molecular flexibility index (Phi) is 13.1. The highest BCUT2D eigenvalue weighted by molar-refractivity contribution is 5.99. The average molecular weight is 742 g/mol. The molecule has 57 heavy (non-hydrogen) atoms. The highest BCUT2D eigenvalue weighted by Crippen LogP contribution is 2.41. The first-order valence-corrected chi connectivity index (χ1v) is 20.0. The Morgan fingerprint density at radius 3 is 1.56 bits per heavy atom. The summed E-state index contributed by atoms with van der Waals surface area (Å²) in [5.74, 6) is -0.0101. The number of rotatable bonds is 9. The van der Waals surface area contributed by atoms with Gasteiger partial charge in [0.1, 0.15) is 0 Å². The van der Waals surface area contributed by atoms with Crippen LogP contribution in [0.3, 0.4) is 0 Å². The third kappa shape index (κ3) is 9.39. The second-order valence-corrected chi connectivity index (χ2v) is 15.2. The Morgan fingerprint density at radius 2 is 0.982 bits per heavy atom. The van der Waals surface area contributed by atoms with E-state index in [0.717, 1.165) is 28.1 Å². The van der Waals surface area contributed by atoms with Crippen molar-refractivity contribution in [1.82, 2.24) is 0 Å². The van der Waals surface area contributed by atoms with Gasteiger partial charge in [-0.2, -0.15) is 0 Å². The van der Waals surface area contributed by atoms with Crippen LogP contribution in [0.4, 0.5) is 0 Å². The fourth-order valence-electron chi connectivity index (χ4n) is 7.69. The maximum Gasteiger partial charge on any atom is 0.0485 e. The normalized spacial score (nSPS) is 12.1. The minimum Gasteiger partial charge on any atom is -0.257 e. The molecule has 7 aromatic carbocycles. The van der Waals surface area contributed by atoms with Crippen LogP contribution in [0.25, 0.3) is 39.0 Å². The molecule has 7 rings (SSSR count). The molecule has 0 aliphatic rings. The molecular weight excluding hydrogens is 687 g/mol. The number of aryl methyl sites for hydroxylation is 4. The SMILES string of the molecule is C=C(/C=C(\N=C(C)c1ccccc1)C(C)c1ccccc1-c1ccc(-c2ccccc2C)c(C)c1C)c1cccc(C)c1-c1ccccc1C.Cc1ccccc1. The number of aliphatic imine (C=N–C) groups is 1. The zero-order valence-corrected chi connectivity index (χ0v) is 34.9. The Hall–Kier alpha value is -6.31. The van der Waals surface area contributed by atoms with Crippen LogP contribution in [0.1, 0.15) is 69.8 Å². The van der Waals surface area contributed by atoms with Crippen molar-refractivity contribution in [2.75, 3.05) is 0 Å². The highest BCUT2D eigenvalue weighted by Gasteiger charge is 2.20. The summed E-state index contributed by atoms with van der Waals surface area (Å²) in [5, 5.41) is 0. The number of hydrogen-bond acceptors (Lipinski definition) is 1. The second kappa shape index (κ2) is 18.5. The molecule has 1 heteroatoms. The molecule has 1 nitrogen and oxygen atoms in total. The minimum absolute atomic E-state index is 0.0101. The Bertz CT molecular complexity index is 2550. The van der Waals surface area contributed by atoms with Crippen LogP contribution < -0.4 is 0 Å². The summed E-state index contributed by atoms with van der Waals surface area (Å²) in [6.45, 7) is 22.2. The van der Waals surface area contributed by atoms with Crippen molar-refractivity contribution in [1.29, 1.82) is 0 Å². The Morgan fingerprint density at radius 1 is 0.491 bits per heavy atom. The van der Waals surface area contributed by atoms with Gasteiger partial charge in [-0.15, -0.1) is 0 Å². The third-order valence-electron chi connectivity index (χ3n) is 11.2. The van der Waals surface area contributed by atoms with Crippen LogP contribution in [0.5, 0.6) is 0 Å². The number of benzene rings is 7. The topological polar surface area (TPSA) is 12.4 Å². The van der Waals surface area contributed by atoms with Crippen LogP contribution in [0.2, 0.25) is 0 Å². The van der Waals surface area contributed by atoms with Crippen LogP contribution >= 0.6 is 0 Å². The van der Waals surface area contributed by atoms with Gasteiger partial charge in [-0.3, -0.25) is 4.99 Å². The predicted octanol–water partition coefficient (Wildman–Crippen LogP) is 15.4. The van der Waals surface area contributed by atoms with Crippen molar-refractivity contribution < 1.29 is 0 Å². The molecule has 0 saturated heterocycles. The lowest BCUT2D eigenvalue weighted by molar-refractivity contribution is 0.880. The fourth-order valence-corrected chi connectivity index (χ4v) is 7.69. The summed E-state index contributed by atoms with van der Waals surface area (Å²) >= 11 is 0. The molecule has 1 unspecified atom stereocenters. The number of allylic oxidation sites excluding steroid dienone is 3. The van der Waals surface area contributed by atoms with Gasteiger partial charge >= 0.3 is 0 Å². The van der Waals surface area contributed by atoms with Gasteiger partial charge in [0.05, 0.1) is 0 Å². The summed E-state index contributed by atoms with van der Waals surface area (Å²) in [6, 6.07) is 57.9. The van der Waals surface area contributed by atoms with Crippen LogP contribution in [0.15, 0.2) is 187 Å². The quantitative estimate of drug-likeness (QED) is 0.103. The van der Waals surface area contributed by atoms with Crippen molar-refractivity contribution >= 4 is 11.3 Å². The van der Waals surface area contributed by atoms with Crippen LogP contribution in [-0.2, 0) is 0 Å². The van der Waals surface area contributed by atoms with Gasteiger partial charge in [-0.1, -0.05) is 183 Å². The highest BCUT2D eigenvalue weighted by atomic mass is 14.8. The van der Waals surface area contributed by atoms with E-state index >= 15 is 0 Å². The van der Waals surface area contributed by atoms with E-state index < -0.39 is 0 Å². The van der Waals surface area contributed by atoms with Gasteiger partial charge in [-0.05, 0) is 138 Å².